The fourth-order valence-corrected chi connectivity index (χ4v) is 2.22. The van der Waals surface area contributed by atoms with Crippen LogP contribution < -0.4 is 9.47 Å². The van der Waals surface area contributed by atoms with Crippen molar-refractivity contribution >= 4 is 21.9 Å². The van der Waals surface area contributed by atoms with Gasteiger partial charge in [-0.25, -0.2) is 4.79 Å². The number of aliphatic hydroxyl groups is 1. The van der Waals surface area contributed by atoms with Gasteiger partial charge in [0.2, 0.25) is 0 Å². The Balaban J connectivity index is 2.29. The maximum absolute atomic E-state index is 11.5. The Morgan fingerprint density at radius 2 is 2.22 bits per heavy atom. The standard InChI is InChI=1S/C12H13BrO5/c1-2-16-12(15)10(14)7-5-8(13)11-9(6-7)17-3-4-18-11/h5-6,10,14H,2-4H2,1H3. The summed E-state index contributed by atoms with van der Waals surface area (Å²) in [5.41, 5.74) is 0.407. The van der Waals surface area contributed by atoms with Crippen molar-refractivity contribution in [2.45, 2.75) is 13.0 Å². The summed E-state index contributed by atoms with van der Waals surface area (Å²) in [5, 5.41) is 9.85. The molecule has 1 aromatic rings. The molecule has 5 nitrogen and oxygen atoms in total. The summed E-state index contributed by atoms with van der Waals surface area (Å²) in [6, 6.07) is 3.20. The fraction of sp³-hybridized carbons (Fsp3) is 0.417. The lowest BCUT2D eigenvalue weighted by atomic mass is 10.1. The number of hydrogen-bond acceptors (Lipinski definition) is 5. The molecule has 18 heavy (non-hydrogen) atoms. The summed E-state index contributed by atoms with van der Waals surface area (Å²) in [6.45, 7) is 2.83. The molecule has 0 radical (unpaired) electrons. The zero-order chi connectivity index (χ0) is 13.1. The number of fused-ring (bicyclic) bond motifs is 1. The minimum Gasteiger partial charge on any atom is -0.486 e. The van der Waals surface area contributed by atoms with E-state index in [1.165, 1.54) is 0 Å². The van der Waals surface area contributed by atoms with Gasteiger partial charge in [0.25, 0.3) is 0 Å². The third-order valence-electron chi connectivity index (χ3n) is 2.44. The molecule has 2 rings (SSSR count). The van der Waals surface area contributed by atoms with Crippen LogP contribution in [0.5, 0.6) is 11.5 Å². The number of carbonyl (C=O) groups excluding carboxylic acids is 1. The average molecular weight is 317 g/mol. The zero-order valence-electron chi connectivity index (χ0n) is 9.81. The monoisotopic (exact) mass is 316 g/mol. The van der Waals surface area contributed by atoms with Crippen LogP contribution >= 0.6 is 15.9 Å². The lowest BCUT2D eigenvalue weighted by Crippen LogP contribution is -2.18. The molecule has 1 aliphatic rings. The molecule has 0 saturated heterocycles. The molecule has 1 aromatic carbocycles. The Kier molecular flexibility index (Phi) is 4.08. The van der Waals surface area contributed by atoms with Gasteiger partial charge in [-0.2, -0.15) is 0 Å². The van der Waals surface area contributed by atoms with Gasteiger partial charge in [0.1, 0.15) is 13.2 Å². The van der Waals surface area contributed by atoms with Crippen LogP contribution in [0.15, 0.2) is 16.6 Å². The molecule has 0 bridgehead atoms. The third kappa shape index (κ3) is 2.59. The molecule has 1 aliphatic heterocycles. The number of hydrogen-bond donors (Lipinski definition) is 1. The van der Waals surface area contributed by atoms with Crippen LogP contribution in [0.25, 0.3) is 0 Å². The fourth-order valence-electron chi connectivity index (χ4n) is 1.65. The highest BCUT2D eigenvalue weighted by atomic mass is 79.9. The van der Waals surface area contributed by atoms with Crippen molar-refractivity contribution in [2.75, 3.05) is 19.8 Å². The van der Waals surface area contributed by atoms with E-state index in [1.807, 2.05) is 0 Å². The van der Waals surface area contributed by atoms with Crippen molar-refractivity contribution in [1.82, 2.24) is 0 Å². The van der Waals surface area contributed by atoms with Gasteiger partial charge in [0.15, 0.2) is 17.6 Å². The predicted molar refractivity (Wildman–Crippen MR) is 66.7 cm³/mol. The summed E-state index contributed by atoms with van der Waals surface area (Å²) >= 11 is 3.32. The van der Waals surface area contributed by atoms with E-state index in [0.29, 0.717) is 34.7 Å². The minimum atomic E-state index is -1.32. The Hall–Kier alpha value is -1.27. The first-order valence-electron chi connectivity index (χ1n) is 5.57. The van der Waals surface area contributed by atoms with Gasteiger partial charge in [-0.1, -0.05) is 0 Å². The molecule has 98 valence electrons. The first-order chi connectivity index (χ1) is 8.63. The predicted octanol–water partition coefficient (Wildman–Crippen LogP) is 1.82. The quantitative estimate of drug-likeness (QED) is 0.862. The van der Waals surface area contributed by atoms with Crippen LogP contribution in [0, 0.1) is 0 Å². The number of ether oxygens (including phenoxy) is 3. The van der Waals surface area contributed by atoms with E-state index in [2.05, 4.69) is 15.9 Å². The highest BCUT2D eigenvalue weighted by Gasteiger charge is 2.23. The van der Waals surface area contributed by atoms with Crippen LogP contribution in [-0.2, 0) is 9.53 Å². The second-order valence-corrected chi connectivity index (χ2v) is 4.54. The van der Waals surface area contributed by atoms with E-state index in [9.17, 15) is 9.90 Å². The highest BCUT2D eigenvalue weighted by Crippen LogP contribution is 2.39. The largest absolute Gasteiger partial charge is 0.486 e. The smallest absolute Gasteiger partial charge is 0.339 e. The van der Waals surface area contributed by atoms with Crippen LogP contribution in [0.4, 0.5) is 0 Å². The molecule has 1 unspecified atom stereocenters. The van der Waals surface area contributed by atoms with Crippen LogP contribution in [-0.4, -0.2) is 30.9 Å². The second kappa shape index (κ2) is 5.58. The molecule has 0 aliphatic carbocycles. The molecule has 0 saturated carbocycles. The summed E-state index contributed by atoms with van der Waals surface area (Å²) in [5.74, 6) is 0.413. The number of benzene rings is 1. The number of esters is 1. The average Bonchev–Trinajstić information content (AvgIpc) is 2.38. The summed E-state index contributed by atoms with van der Waals surface area (Å²) < 4.78 is 16.2. The molecular formula is C12H13BrO5. The summed E-state index contributed by atoms with van der Waals surface area (Å²) in [4.78, 5) is 11.5. The van der Waals surface area contributed by atoms with Crippen molar-refractivity contribution in [3.05, 3.63) is 22.2 Å². The molecule has 1 N–H and O–H groups in total. The number of rotatable bonds is 3. The van der Waals surface area contributed by atoms with Gasteiger partial charge in [-0.15, -0.1) is 0 Å². The topological polar surface area (TPSA) is 65.0 Å². The Morgan fingerprint density at radius 1 is 1.50 bits per heavy atom. The van der Waals surface area contributed by atoms with Crippen molar-refractivity contribution in [1.29, 1.82) is 0 Å². The third-order valence-corrected chi connectivity index (χ3v) is 3.03. The lowest BCUT2D eigenvalue weighted by Gasteiger charge is -2.21. The molecular weight excluding hydrogens is 304 g/mol. The molecule has 0 spiro atoms. The number of aliphatic hydroxyl groups excluding tert-OH is 1. The number of halogens is 1. The highest BCUT2D eigenvalue weighted by molar-refractivity contribution is 9.10. The Morgan fingerprint density at radius 3 is 2.94 bits per heavy atom. The summed E-state index contributed by atoms with van der Waals surface area (Å²) in [6.07, 6.45) is -1.32. The second-order valence-electron chi connectivity index (χ2n) is 3.68. The summed E-state index contributed by atoms with van der Waals surface area (Å²) in [7, 11) is 0. The lowest BCUT2D eigenvalue weighted by molar-refractivity contribution is -0.153. The Labute approximate surface area is 113 Å². The van der Waals surface area contributed by atoms with Crippen LogP contribution in [0.2, 0.25) is 0 Å². The van der Waals surface area contributed by atoms with E-state index < -0.39 is 12.1 Å². The maximum Gasteiger partial charge on any atom is 0.339 e. The van der Waals surface area contributed by atoms with Crippen molar-refractivity contribution in [2.24, 2.45) is 0 Å². The van der Waals surface area contributed by atoms with E-state index in [-0.39, 0.29) is 6.61 Å². The van der Waals surface area contributed by atoms with Gasteiger partial charge in [0.05, 0.1) is 11.1 Å². The molecule has 0 fully saturated rings. The first kappa shape index (κ1) is 13.2. The van der Waals surface area contributed by atoms with Gasteiger partial charge in [-0.3, -0.25) is 0 Å². The Bertz CT molecular complexity index is 460. The molecule has 0 amide bonds. The number of carbonyl (C=O) groups is 1. The van der Waals surface area contributed by atoms with Gasteiger partial charge < -0.3 is 19.3 Å². The molecule has 6 heteroatoms. The van der Waals surface area contributed by atoms with Crippen molar-refractivity contribution < 1.29 is 24.1 Å². The minimum absolute atomic E-state index is 0.224. The van der Waals surface area contributed by atoms with Crippen LogP contribution in [0.3, 0.4) is 0 Å². The zero-order valence-corrected chi connectivity index (χ0v) is 11.4. The van der Waals surface area contributed by atoms with Gasteiger partial charge in [-0.05, 0) is 40.5 Å². The first-order valence-corrected chi connectivity index (χ1v) is 6.36. The van der Waals surface area contributed by atoms with Gasteiger partial charge >= 0.3 is 5.97 Å². The van der Waals surface area contributed by atoms with Gasteiger partial charge in [0, 0.05) is 0 Å². The van der Waals surface area contributed by atoms with Crippen LogP contribution in [0.1, 0.15) is 18.6 Å². The van der Waals surface area contributed by atoms with E-state index >= 15 is 0 Å². The molecule has 0 aromatic heterocycles. The maximum atomic E-state index is 11.5. The normalized spacial score (nSPS) is 15.1. The van der Waals surface area contributed by atoms with Crippen molar-refractivity contribution in [3.63, 3.8) is 0 Å². The van der Waals surface area contributed by atoms with Crippen molar-refractivity contribution in [3.8, 4) is 11.5 Å². The van der Waals surface area contributed by atoms with E-state index in [1.54, 1.807) is 19.1 Å². The SMILES string of the molecule is CCOC(=O)C(O)c1cc(Br)c2c(c1)OCCO2. The molecule has 1 atom stereocenters. The van der Waals surface area contributed by atoms with E-state index in [0.717, 1.165) is 0 Å². The van der Waals surface area contributed by atoms with E-state index in [4.69, 9.17) is 14.2 Å². The molecule has 1 heterocycles.